The van der Waals surface area contributed by atoms with Gasteiger partial charge in [-0.1, -0.05) is 32.4 Å². The van der Waals surface area contributed by atoms with Gasteiger partial charge in [-0.3, -0.25) is 0 Å². The summed E-state index contributed by atoms with van der Waals surface area (Å²) in [6.45, 7) is 15.4. The van der Waals surface area contributed by atoms with Gasteiger partial charge in [-0.25, -0.2) is 0 Å². The van der Waals surface area contributed by atoms with Crippen LogP contribution in [0.15, 0.2) is 11.6 Å². The van der Waals surface area contributed by atoms with E-state index in [4.69, 9.17) is 28.4 Å². The van der Waals surface area contributed by atoms with Gasteiger partial charge >= 0.3 is 0 Å². The van der Waals surface area contributed by atoms with Crippen LogP contribution in [0.2, 0.25) is 0 Å². The van der Waals surface area contributed by atoms with Crippen LogP contribution in [0.1, 0.15) is 98.8 Å². The number of fused-ring (bicyclic) bond motifs is 5. The molecule has 4 rings (SSSR count). The van der Waals surface area contributed by atoms with Gasteiger partial charge in [0.25, 0.3) is 0 Å². The van der Waals surface area contributed by atoms with Gasteiger partial charge in [0.15, 0.2) is 0 Å². The highest BCUT2D eigenvalue weighted by Crippen LogP contribution is 2.68. The summed E-state index contributed by atoms with van der Waals surface area (Å²) in [5.74, 6) is 4.51. The molecule has 0 N–H and O–H groups in total. The summed E-state index contributed by atoms with van der Waals surface area (Å²) in [4.78, 5) is 0. The molecule has 0 unspecified atom stereocenters. The first-order valence-corrected chi connectivity index (χ1v) is 16.7. The predicted octanol–water partition coefficient (Wildman–Crippen LogP) is 7.65. The Morgan fingerprint density at radius 3 is 2.12 bits per heavy atom. The van der Waals surface area contributed by atoms with E-state index >= 15 is 0 Å². The van der Waals surface area contributed by atoms with Crippen LogP contribution in [0.4, 0.5) is 0 Å². The fourth-order valence-electron chi connectivity index (χ4n) is 10.1. The fraction of sp³-hybridized carbons (Fsp3) is 0.943. The lowest BCUT2D eigenvalue weighted by Gasteiger charge is -2.63. The second-order valence-corrected chi connectivity index (χ2v) is 14.6. The Hall–Kier alpha value is -0.500. The zero-order valence-electron chi connectivity index (χ0n) is 27.5. The molecule has 0 aromatic carbocycles. The largest absolute Gasteiger partial charge is 0.382 e. The van der Waals surface area contributed by atoms with E-state index in [1.54, 1.807) is 14.2 Å². The van der Waals surface area contributed by atoms with Gasteiger partial charge in [0, 0.05) is 14.2 Å². The minimum absolute atomic E-state index is 0.223. The Kier molecular flexibility index (Phi) is 12.6. The Morgan fingerprint density at radius 2 is 1.44 bits per heavy atom. The Morgan fingerprint density at radius 1 is 0.780 bits per heavy atom. The van der Waals surface area contributed by atoms with Crippen molar-refractivity contribution in [2.24, 2.45) is 46.3 Å². The molecule has 41 heavy (non-hydrogen) atoms. The van der Waals surface area contributed by atoms with Crippen LogP contribution in [0.5, 0.6) is 0 Å². The van der Waals surface area contributed by atoms with Gasteiger partial charge < -0.3 is 28.4 Å². The van der Waals surface area contributed by atoms with E-state index in [1.165, 1.54) is 56.9 Å². The molecule has 0 amide bonds. The molecule has 0 bridgehead atoms. The molecule has 0 aliphatic heterocycles. The van der Waals surface area contributed by atoms with Crippen LogP contribution in [0, 0.1) is 46.3 Å². The van der Waals surface area contributed by atoms with Crippen LogP contribution in [-0.2, 0) is 28.4 Å². The quantitative estimate of drug-likeness (QED) is 0.107. The van der Waals surface area contributed by atoms with Crippen LogP contribution < -0.4 is 0 Å². The lowest BCUT2D eigenvalue weighted by atomic mass is 9.43. The zero-order valence-corrected chi connectivity index (χ0v) is 27.5. The minimum Gasteiger partial charge on any atom is -0.382 e. The molecule has 4 aliphatic carbocycles. The highest BCUT2D eigenvalue weighted by molar-refractivity contribution is 5.12. The van der Waals surface area contributed by atoms with Gasteiger partial charge in [-0.2, -0.15) is 0 Å². The van der Waals surface area contributed by atoms with E-state index in [2.05, 4.69) is 40.7 Å². The summed E-state index contributed by atoms with van der Waals surface area (Å²) < 4.78 is 34.7. The molecule has 0 aromatic heterocycles. The Balaban J connectivity index is 1.46. The molecule has 0 heterocycles. The highest BCUT2D eigenvalue weighted by Gasteiger charge is 2.62. The lowest BCUT2D eigenvalue weighted by molar-refractivity contribution is -0.218. The zero-order chi connectivity index (χ0) is 29.5. The summed E-state index contributed by atoms with van der Waals surface area (Å²) in [7, 11) is 3.42. The molecule has 4 aliphatic rings. The molecular weight excluding hydrogens is 516 g/mol. The third kappa shape index (κ3) is 7.78. The van der Waals surface area contributed by atoms with E-state index in [0.717, 1.165) is 42.4 Å². The summed E-state index contributed by atoms with van der Waals surface area (Å²) >= 11 is 0. The van der Waals surface area contributed by atoms with E-state index < -0.39 is 0 Å². The molecule has 238 valence electrons. The normalized spacial score (nSPS) is 39.0. The molecule has 0 saturated heterocycles. The SMILES string of the molecule is COCCOCO[C@@H]1CC[C@]2(C)[C@H]3CC[C@]4(C)[C@@H]([C@H](C)CCC=C(C)C)CC[C@H]4[C@@H]3C[C@H](OCOCCOC)[C@@H]2C1. The average molecular weight is 579 g/mol. The number of methoxy groups -OCH3 is 2. The average Bonchev–Trinajstić information content (AvgIpc) is 3.30. The van der Waals surface area contributed by atoms with Crippen molar-refractivity contribution >= 4 is 0 Å². The van der Waals surface area contributed by atoms with Crippen molar-refractivity contribution in [1.29, 1.82) is 0 Å². The number of hydrogen-bond donors (Lipinski definition) is 0. The third-order valence-electron chi connectivity index (χ3n) is 12.2. The summed E-state index contributed by atoms with van der Waals surface area (Å²) in [6, 6.07) is 0. The maximum Gasteiger partial charge on any atom is 0.147 e. The van der Waals surface area contributed by atoms with Gasteiger partial charge in [0.1, 0.15) is 13.6 Å². The molecule has 0 radical (unpaired) electrons. The van der Waals surface area contributed by atoms with Crippen LogP contribution >= 0.6 is 0 Å². The van der Waals surface area contributed by atoms with Crippen molar-refractivity contribution < 1.29 is 28.4 Å². The third-order valence-corrected chi connectivity index (χ3v) is 12.2. The summed E-state index contributed by atoms with van der Waals surface area (Å²) in [5, 5.41) is 0. The standard InChI is InChI=1S/C35H62O6/c1-25(2)9-8-10-26(3)29-11-12-30-28-22-33(41-24-39-20-18-37-7)32-21-27(40-23-38-19-17-36-6)13-15-35(32,5)31(28)14-16-34(29,30)4/h9,26-33H,8,10-24H2,1-7H3/t26-,27-,28+,29-,30+,31+,32+,33+,34-,35-/m1/s1. The van der Waals surface area contributed by atoms with Crippen molar-refractivity contribution in [2.45, 2.75) is 111 Å². The van der Waals surface area contributed by atoms with Gasteiger partial charge in [0.2, 0.25) is 0 Å². The molecule has 6 nitrogen and oxygen atoms in total. The predicted molar refractivity (Wildman–Crippen MR) is 164 cm³/mol. The highest BCUT2D eigenvalue weighted by atomic mass is 16.7. The van der Waals surface area contributed by atoms with E-state index in [1.807, 2.05) is 0 Å². The smallest absolute Gasteiger partial charge is 0.147 e. The first-order chi connectivity index (χ1) is 19.7. The van der Waals surface area contributed by atoms with Crippen molar-refractivity contribution in [3.8, 4) is 0 Å². The van der Waals surface area contributed by atoms with Crippen molar-refractivity contribution in [3.63, 3.8) is 0 Å². The fourth-order valence-corrected chi connectivity index (χ4v) is 10.1. The van der Waals surface area contributed by atoms with E-state index in [9.17, 15) is 0 Å². The summed E-state index contributed by atoms with van der Waals surface area (Å²) in [6.07, 6.45) is 15.6. The molecule has 4 saturated carbocycles. The van der Waals surface area contributed by atoms with Crippen LogP contribution in [-0.4, -0.2) is 66.4 Å². The molecule has 6 heteroatoms. The maximum atomic E-state index is 6.66. The number of hydrogen-bond acceptors (Lipinski definition) is 6. The van der Waals surface area contributed by atoms with Gasteiger partial charge in [-0.15, -0.1) is 0 Å². The van der Waals surface area contributed by atoms with E-state index in [-0.39, 0.29) is 12.2 Å². The Bertz CT molecular complexity index is 812. The first kappa shape index (κ1) is 33.4. The molecule has 0 spiro atoms. The number of rotatable bonds is 16. The van der Waals surface area contributed by atoms with Crippen molar-refractivity contribution in [3.05, 3.63) is 11.6 Å². The molecular formula is C35H62O6. The summed E-state index contributed by atoms with van der Waals surface area (Å²) in [5.41, 5.74) is 2.22. The monoisotopic (exact) mass is 578 g/mol. The van der Waals surface area contributed by atoms with Gasteiger partial charge in [-0.05, 0) is 124 Å². The van der Waals surface area contributed by atoms with Crippen LogP contribution in [0.3, 0.4) is 0 Å². The van der Waals surface area contributed by atoms with Crippen molar-refractivity contribution in [1.82, 2.24) is 0 Å². The lowest BCUT2D eigenvalue weighted by Crippen LogP contribution is -2.59. The number of allylic oxidation sites excluding steroid dienone is 2. The van der Waals surface area contributed by atoms with Crippen LogP contribution in [0.25, 0.3) is 0 Å². The minimum atomic E-state index is 0.223. The second-order valence-electron chi connectivity index (χ2n) is 14.6. The molecule has 0 aromatic rings. The first-order valence-electron chi connectivity index (χ1n) is 16.7. The second kappa shape index (κ2) is 15.5. The van der Waals surface area contributed by atoms with Gasteiger partial charge in [0.05, 0.1) is 38.6 Å². The molecule has 10 atom stereocenters. The number of ether oxygens (including phenoxy) is 6. The Labute approximate surface area is 251 Å². The van der Waals surface area contributed by atoms with E-state index in [0.29, 0.717) is 56.8 Å². The van der Waals surface area contributed by atoms with Crippen molar-refractivity contribution in [2.75, 3.05) is 54.2 Å². The topological polar surface area (TPSA) is 55.4 Å². The molecule has 4 fully saturated rings. The maximum absolute atomic E-state index is 6.66.